The Balaban J connectivity index is 2.33. The Kier molecular flexibility index (Phi) is 2.19. The highest BCUT2D eigenvalue weighted by Crippen LogP contribution is 2.27. The summed E-state index contributed by atoms with van der Waals surface area (Å²) in [7, 11) is 0. The molecular weight excluding hydrogens is 142 g/mol. The molecule has 0 aliphatic heterocycles. The average Bonchev–Trinajstić information content (AvgIpc) is 2.14. The summed E-state index contributed by atoms with van der Waals surface area (Å²) in [5.74, 6) is 0. The van der Waals surface area contributed by atoms with Gasteiger partial charge in [-0.2, -0.15) is 0 Å². The van der Waals surface area contributed by atoms with Crippen LogP contribution in [0.25, 0.3) is 0 Å². The topological polar surface area (TPSA) is 26.3 Å². The Morgan fingerprint density at radius 2 is 1.80 bits per heavy atom. The number of hydrogen-bond donors (Lipinski definition) is 0. The summed E-state index contributed by atoms with van der Waals surface area (Å²) in [5.41, 5.74) is 0. The lowest BCUT2D eigenvalue weighted by Crippen LogP contribution is -2.06. The molecule has 0 radical (unpaired) electrons. The third-order valence-electron chi connectivity index (χ3n) is 1.62. The van der Waals surface area contributed by atoms with Gasteiger partial charge in [0.2, 0.25) is 0 Å². The Morgan fingerprint density at radius 1 is 1.30 bits per heavy atom. The van der Waals surface area contributed by atoms with E-state index in [1.165, 1.54) is 0 Å². The van der Waals surface area contributed by atoms with E-state index in [0.717, 1.165) is 0 Å². The molecule has 0 saturated heterocycles. The molecule has 10 heavy (non-hydrogen) atoms. The van der Waals surface area contributed by atoms with Gasteiger partial charge in [-0.1, -0.05) is 0 Å². The fraction of sp³-hybridized carbons (Fsp3) is 0.833. The molecule has 0 aromatic rings. The minimum atomic E-state index is -1.45. The van der Waals surface area contributed by atoms with Crippen LogP contribution in [0.5, 0.6) is 0 Å². The molecule has 58 valence electrons. The average molecular weight is 150 g/mol. The zero-order valence-electron chi connectivity index (χ0n) is 5.30. The monoisotopic (exact) mass is 150 g/mol. The van der Waals surface area contributed by atoms with E-state index in [4.69, 9.17) is 0 Å². The fourth-order valence-corrected chi connectivity index (χ4v) is 1.08. The number of ether oxygens (including phenoxy) is 1. The smallest absolute Gasteiger partial charge is 0.293 e. The maximum Gasteiger partial charge on any atom is 0.293 e. The van der Waals surface area contributed by atoms with Gasteiger partial charge >= 0.3 is 0 Å². The van der Waals surface area contributed by atoms with Crippen LogP contribution in [0.2, 0.25) is 0 Å². The van der Waals surface area contributed by atoms with Gasteiger partial charge in [-0.25, -0.2) is 8.78 Å². The molecule has 1 fully saturated rings. The van der Waals surface area contributed by atoms with Gasteiger partial charge in [0, 0.05) is 12.8 Å². The second-order valence-corrected chi connectivity index (χ2v) is 2.36. The molecule has 0 spiro atoms. The molecule has 1 unspecified atom stereocenters. The predicted molar refractivity (Wildman–Crippen MR) is 30.0 cm³/mol. The van der Waals surface area contributed by atoms with E-state index in [0.29, 0.717) is 0 Å². The summed E-state index contributed by atoms with van der Waals surface area (Å²) in [5, 5.41) is 0. The fourth-order valence-electron chi connectivity index (χ4n) is 1.08. The summed E-state index contributed by atoms with van der Waals surface area (Å²) in [4.78, 5) is 9.71. The van der Waals surface area contributed by atoms with Crippen LogP contribution in [0.15, 0.2) is 0 Å². The van der Waals surface area contributed by atoms with Crippen molar-refractivity contribution in [1.29, 1.82) is 0 Å². The van der Waals surface area contributed by atoms with Crippen molar-refractivity contribution in [3.8, 4) is 0 Å². The standard InChI is InChI=1S/C6H8F2O2/c7-5-1-4(10-3-9)2-6(5)8/h3-6H,1-2H2/t4?,5-,6+. The second kappa shape index (κ2) is 2.94. The van der Waals surface area contributed by atoms with Crippen LogP contribution in [0.1, 0.15) is 12.8 Å². The molecule has 0 bridgehead atoms. The molecule has 2 nitrogen and oxygen atoms in total. The van der Waals surface area contributed by atoms with Crippen LogP contribution < -0.4 is 0 Å². The zero-order chi connectivity index (χ0) is 7.56. The Morgan fingerprint density at radius 3 is 2.20 bits per heavy atom. The minimum Gasteiger partial charge on any atom is -0.464 e. The van der Waals surface area contributed by atoms with Crippen molar-refractivity contribution in [2.45, 2.75) is 31.3 Å². The number of rotatable bonds is 2. The van der Waals surface area contributed by atoms with Crippen LogP contribution in [0.4, 0.5) is 8.78 Å². The van der Waals surface area contributed by atoms with E-state index in [9.17, 15) is 13.6 Å². The third kappa shape index (κ3) is 1.43. The van der Waals surface area contributed by atoms with E-state index in [-0.39, 0.29) is 19.3 Å². The molecule has 1 aliphatic carbocycles. The number of alkyl halides is 2. The lowest BCUT2D eigenvalue weighted by molar-refractivity contribution is -0.133. The number of halogens is 2. The van der Waals surface area contributed by atoms with Crippen LogP contribution in [-0.4, -0.2) is 24.9 Å². The summed E-state index contributed by atoms with van der Waals surface area (Å²) in [6.07, 6.45) is -3.46. The lowest BCUT2D eigenvalue weighted by atomic mass is 10.3. The van der Waals surface area contributed by atoms with Gasteiger partial charge in [-0.05, 0) is 0 Å². The molecular formula is C6H8F2O2. The molecule has 0 aromatic carbocycles. The van der Waals surface area contributed by atoms with E-state index in [1.807, 2.05) is 0 Å². The third-order valence-corrected chi connectivity index (χ3v) is 1.62. The summed E-state index contributed by atoms with van der Waals surface area (Å²) in [6.45, 7) is 0.232. The first-order valence-electron chi connectivity index (χ1n) is 3.11. The van der Waals surface area contributed by atoms with Gasteiger partial charge in [0.05, 0.1) is 0 Å². The predicted octanol–water partition coefficient (Wildman–Crippen LogP) is 0.998. The Labute approximate surface area is 57.2 Å². The van der Waals surface area contributed by atoms with Crippen molar-refractivity contribution in [1.82, 2.24) is 0 Å². The Hall–Kier alpha value is -0.670. The number of carbonyl (C=O) groups is 1. The van der Waals surface area contributed by atoms with Crippen LogP contribution in [-0.2, 0) is 9.53 Å². The number of carbonyl (C=O) groups excluding carboxylic acids is 1. The quantitative estimate of drug-likeness (QED) is 0.549. The van der Waals surface area contributed by atoms with Gasteiger partial charge < -0.3 is 4.74 Å². The van der Waals surface area contributed by atoms with E-state index in [1.54, 1.807) is 0 Å². The van der Waals surface area contributed by atoms with Gasteiger partial charge in [0.25, 0.3) is 6.47 Å². The first-order chi connectivity index (χ1) is 4.74. The highest BCUT2D eigenvalue weighted by molar-refractivity contribution is 5.37. The molecule has 0 heterocycles. The highest BCUT2D eigenvalue weighted by Gasteiger charge is 2.35. The molecule has 3 atom stereocenters. The van der Waals surface area contributed by atoms with E-state index in [2.05, 4.69) is 4.74 Å². The molecule has 1 saturated carbocycles. The largest absolute Gasteiger partial charge is 0.464 e. The van der Waals surface area contributed by atoms with E-state index < -0.39 is 18.4 Å². The summed E-state index contributed by atoms with van der Waals surface area (Å²) < 4.78 is 29.0. The molecule has 1 aliphatic rings. The van der Waals surface area contributed by atoms with Crippen molar-refractivity contribution >= 4 is 6.47 Å². The molecule has 0 aromatic heterocycles. The first-order valence-corrected chi connectivity index (χ1v) is 3.11. The minimum absolute atomic E-state index is 0.0000926. The summed E-state index contributed by atoms with van der Waals surface area (Å²) in [6, 6.07) is 0. The summed E-state index contributed by atoms with van der Waals surface area (Å²) >= 11 is 0. The highest BCUT2D eigenvalue weighted by atomic mass is 19.2. The van der Waals surface area contributed by atoms with Crippen molar-refractivity contribution in [2.75, 3.05) is 0 Å². The SMILES string of the molecule is O=COC1C[C@@H](F)[C@@H](F)C1. The van der Waals surface area contributed by atoms with Crippen molar-refractivity contribution < 1.29 is 18.3 Å². The molecule has 4 heteroatoms. The van der Waals surface area contributed by atoms with E-state index >= 15 is 0 Å². The van der Waals surface area contributed by atoms with Crippen molar-refractivity contribution in [3.63, 3.8) is 0 Å². The maximum atomic E-state index is 12.3. The molecule has 0 amide bonds. The molecule has 1 rings (SSSR count). The first kappa shape index (κ1) is 7.44. The van der Waals surface area contributed by atoms with Gasteiger partial charge in [0.15, 0.2) is 0 Å². The van der Waals surface area contributed by atoms with Gasteiger partial charge in [-0.3, -0.25) is 4.79 Å². The zero-order valence-corrected chi connectivity index (χ0v) is 5.30. The van der Waals surface area contributed by atoms with Crippen molar-refractivity contribution in [2.24, 2.45) is 0 Å². The number of hydrogen-bond acceptors (Lipinski definition) is 2. The van der Waals surface area contributed by atoms with Crippen LogP contribution >= 0.6 is 0 Å². The van der Waals surface area contributed by atoms with Crippen molar-refractivity contribution in [3.05, 3.63) is 0 Å². The van der Waals surface area contributed by atoms with Gasteiger partial charge in [-0.15, -0.1) is 0 Å². The normalized spacial score (nSPS) is 39.6. The maximum absolute atomic E-state index is 12.3. The molecule has 0 N–H and O–H groups in total. The second-order valence-electron chi connectivity index (χ2n) is 2.36. The van der Waals surface area contributed by atoms with Crippen LogP contribution in [0, 0.1) is 0 Å². The Bertz CT molecular complexity index is 119. The lowest BCUT2D eigenvalue weighted by Gasteiger charge is -2.03. The van der Waals surface area contributed by atoms with Crippen LogP contribution in [0.3, 0.4) is 0 Å². The van der Waals surface area contributed by atoms with Gasteiger partial charge in [0.1, 0.15) is 18.4 Å².